The molecule has 5 rings (SSSR count). The van der Waals surface area contributed by atoms with Crippen molar-refractivity contribution in [1.29, 1.82) is 0 Å². The predicted octanol–water partition coefficient (Wildman–Crippen LogP) is 5.40. The molecule has 1 aliphatic heterocycles. The molecule has 2 amide bonds. The number of fused-ring (bicyclic) bond motifs is 3. The SMILES string of the molecule is COc1ccc(C2c3cccn3-c3ccccc3N2C(=O)CN(C(=O)Cc2ccccc2)C(C)C)cc1. The van der Waals surface area contributed by atoms with Crippen molar-refractivity contribution >= 4 is 17.5 Å². The minimum atomic E-state index is -0.346. The highest BCUT2D eigenvalue weighted by Gasteiger charge is 2.37. The number of para-hydroxylation sites is 2. The van der Waals surface area contributed by atoms with Crippen LogP contribution in [0.25, 0.3) is 5.69 Å². The summed E-state index contributed by atoms with van der Waals surface area (Å²) in [6.45, 7) is 3.89. The molecule has 6 heteroatoms. The van der Waals surface area contributed by atoms with Crippen molar-refractivity contribution in [3.8, 4) is 11.4 Å². The van der Waals surface area contributed by atoms with Gasteiger partial charge in [-0.25, -0.2) is 0 Å². The number of amides is 2. The molecule has 4 aromatic rings. The second kappa shape index (κ2) is 10.3. The van der Waals surface area contributed by atoms with Gasteiger partial charge in [0.1, 0.15) is 18.3 Å². The summed E-state index contributed by atoms with van der Waals surface area (Å²) in [6, 6.07) is 29.0. The highest BCUT2D eigenvalue weighted by molar-refractivity contribution is 6.00. The van der Waals surface area contributed by atoms with Gasteiger partial charge in [0.2, 0.25) is 11.8 Å². The molecule has 0 saturated heterocycles. The fourth-order valence-corrected chi connectivity index (χ4v) is 5.02. The van der Waals surface area contributed by atoms with Crippen LogP contribution in [0.3, 0.4) is 0 Å². The molecule has 1 aliphatic rings. The van der Waals surface area contributed by atoms with Gasteiger partial charge in [-0.2, -0.15) is 0 Å². The number of aromatic nitrogens is 1. The molecule has 1 atom stereocenters. The average Bonchev–Trinajstić information content (AvgIpc) is 3.41. The Morgan fingerprint density at radius 2 is 1.54 bits per heavy atom. The topological polar surface area (TPSA) is 54.8 Å². The van der Waals surface area contributed by atoms with Crippen LogP contribution in [0.15, 0.2) is 97.2 Å². The Morgan fingerprint density at radius 3 is 2.22 bits per heavy atom. The third-order valence-electron chi connectivity index (χ3n) is 6.87. The summed E-state index contributed by atoms with van der Waals surface area (Å²) in [5.74, 6) is 0.561. The predicted molar refractivity (Wildman–Crippen MR) is 145 cm³/mol. The summed E-state index contributed by atoms with van der Waals surface area (Å²) in [5.41, 5.74) is 4.64. The number of carbonyl (C=O) groups is 2. The molecule has 2 heterocycles. The van der Waals surface area contributed by atoms with E-state index in [2.05, 4.69) is 4.57 Å². The molecule has 37 heavy (non-hydrogen) atoms. The molecule has 188 valence electrons. The zero-order valence-electron chi connectivity index (χ0n) is 21.4. The van der Waals surface area contributed by atoms with Gasteiger partial charge in [-0.15, -0.1) is 0 Å². The summed E-state index contributed by atoms with van der Waals surface area (Å²) in [6.07, 6.45) is 2.28. The number of anilines is 1. The Hall–Kier alpha value is -4.32. The van der Waals surface area contributed by atoms with Crippen molar-refractivity contribution in [3.05, 3.63) is 114 Å². The number of carbonyl (C=O) groups excluding carboxylic acids is 2. The van der Waals surface area contributed by atoms with Crippen LogP contribution in [-0.4, -0.2) is 41.0 Å². The van der Waals surface area contributed by atoms with Gasteiger partial charge in [0, 0.05) is 12.2 Å². The summed E-state index contributed by atoms with van der Waals surface area (Å²) in [5, 5.41) is 0. The summed E-state index contributed by atoms with van der Waals surface area (Å²) >= 11 is 0. The van der Waals surface area contributed by atoms with E-state index >= 15 is 0 Å². The van der Waals surface area contributed by atoms with Gasteiger partial charge in [0.25, 0.3) is 0 Å². The smallest absolute Gasteiger partial charge is 0.247 e. The summed E-state index contributed by atoms with van der Waals surface area (Å²) in [4.78, 5) is 31.0. The number of benzene rings is 3. The van der Waals surface area contributed by atoms with Crippen molar-refractivity contribution in [2.45, 2.75) is 32.4 Å². The van der Waals surface area contributed by atoms with Crippen LogP contribution in [0.2, 0.25) is 0 Å². The van der Waals surface area contributed by atoms with Gasteiger partial charge >= 0.3 is 0 Å². The first kappa shape index (κ1) is 24.4. The van der Waals surface area contributed by atoms with Gasteiger partial charge in [0.05, 0.1) is 30.6 Å². The summed E-state index contributed by atoms with van der Waals surface area (Å²) < 4.78 is 7.50. The number of nitrogens with zero attached hydrogens (tertiary/aromatic N) is 3. The maximum Gasteiger partial charge on any atom is 0.247 e. The van der Waals surface area contributed by atoms with Crippen LogP contribution in [-0.2, 0) is 16.0 Å². The Bertz CT molecular complexity index is 1390. The minimum Gasteiger partial charge on any atom is -0.497 e. The lowest BCUT2D eigenvalue weighted by Gasteiger charge is -2.40. The lowest BCUT2D eigenvalue weighted by molar-refractivity contribution is -0.136. The second-order valence-electron chi connectivity index (χ2n) is 9.51. The van der Waals surface area contributed by atoms with E-state index in [0.717, 1.165) is 33.9 Å². The third kappa shape index (κ3) is 4.75. The minimum absolute atomic E-state index is 0.00890. The van der Waals surface area contributed by atoms with E-state index in [-0.39, 0.29) is 36.9 Å². The molecule has 0 fully saturated rings. The van der Waals surface area contributed by atoms with Crippen molar-refractivity contribution in [1.82, 2.24) is 9.47 Å². The molecular weight excluding hydrogens is 462 g/mol. The lowest BCUT2D eigenvalue weighted by Crippen LogP contribution is -2.49. The first-order valence-corrected chi connectivity index (χ1v) is 12.5. The monoisotopic (exact) mass is 493 g/mol. The number of methoxy groups -OCH3 is 1. The zero-order valence-corrected chi connectivity index (χ0v) is 21.4. The highest BCUT2D eigenvalue weighted by atomic mass is 16.5. The largest absolute Gasteiger partial charge is 0.497 e. The number of hydrogen-bond acceptors (Lipinski definition) is 3. The van der Waals surface area contributed by atoms with Gasteiger partial charge in [-0.05, 0) is 61.4 Å². The lowest BCUT2D eigenvalue weighted by atomic mass is 9.97. The standard InChI is InChI=1S/C31H31N3O3/c1-22(2)33(29(35)20-23-10-5-4-6-11-23)21-30(36)34-27-13-8-7-12-26(27)32-19-9-14-28(32)31(34)24-15-17-25(37-3)18-16-24/h4-19,22,31H,20-21H2,1-3H3. The van der Waals surface area contributed by atoms with Crippen LogP contribution >= 0.6 is 0 Å². The molecule has 1 unspecified atom stereocenters. The second-order valence-corrected chi connectivity index (χ2v) is 9.51. The maximum atomic E-state index is 14.2. The summed E-state index contributed by atoms with van der Waals surface area (Å²) in [7, 11) is 1.64. The van der Waals surface area contributed by atoms with Gasteiger partial charge in [-0.3, -0.25) is 14.5 Å². The molecule has 0 bridgehead atoms. The van der Waals surface area contributed by atoms with Gasteiger partial charge < -0.3 is 14.2 Å². The van der Waals surface area contributed by atoms with E-state index in [1.54, 1.807) is 12.0 Å². The molecule has 6 nitrogen and oxygen atoms in total. The Morgan fingerprint density at radius 1 is 0.865 bits per heavy atom. The number of rotatable bonds is 7. The van der Waals surface area contributed by atoms with Crippen molar-refractivity contribution in [3.63, 3.8) is 0 Å². The zero-order chi connectivity index (χ0) is 25.9. The van der Waals surface area contributed by atoms with E-state index in [1.165, 1.54) is 0 Å². The fraction of sp³-hybridized carbons (Fsp3) is 0.226. The van der Waals surface area contributed by atoms with Gasteiger partial charge in [-0.1, -0.05) is 54.6 Å². The van der Waals surface area contributed by atoms with Crippen LogP contribution < -0.4 is 9.64 Å². The average molecular weight is 494 g/mol. The number of ether oxygens (including phenoxy) is 1. The Labute approximate surface area is 217 Å². The Kier molecular flexibility index (Phi) is 6.82. The van der Waals surface area contributed by atoms with Crippen LogP contribution in [0.1, 0.15) is 36.7 Å². The van der Waals surface area contributed by atoms with Crippen LogP contribution in [0.4, 0.5) is 5.69 Å². The van der Waals surface area contributed by atoms with Crippen LogP contribution in [0.5, 0.6) is 5.75 Å². The molecular formula is C31H31N3O3. The van der Waals surface area contributed by atoms with Gasteiger partial charge in [0.15, 0.2) is 0 Å². The first-order chi connectivity index (χ1) is 18.0. The normalized spacial score (nSPS) is 14.2. The first-order valence-electron chi connectivity index (χ1n) is 12.5. The molecule has 0 aliphatic carbocycles. The molecule has 0 saturated carbocycles. The van der Waals surface area contributed by atoms with E-state index in [9.17, 15) is 9.59 Å². The molecule has 3 aromatic carbocycles. The molecule has 0 radical (unpaired) electrons. The molecule has 0 spiro atoms. The van der Waals surface area contributed by atoms with Crippen molar-refractivity contribution in [2.24, 2.45) is 0 Å². The molecule has 1 aromatic heterocycles. The quantitative estimate of drug-likeness (QED) is 0.346. The van der Waals surface area contributed by atoms with E-state index in [1.807, 2.05) is 116 Å². The van der Waals surface area contributed by atoms with Crippen LogP contribution in [0, 0.1) is 0 Å². The molecule has 0 N–H and O–H groups in total. The maximum absolute atomic E-state index is 14.2. The highest BCUT2D eigenvalue weighted by Crippen LogP contribution is 2.42. The third-order valence-corrected chi connectivity index (χ3v) is 6.87. The Balaban J connectivity index is 1.52. The van der Waals surface area contributed by atoms with E-state index in [0.29, 0.717) is 0 Å². The van der Waals surface area contributed by atoms with Crippen molar-refractivity contribution in [2.75, 3.05) is 18.6 Å². The van der Waals surface area contributed by atoms with Crippen molar-refractivity contribution < 1.29 is 14.3 Å². The van der Waals surface area contributed by atoms with E-state index in [4.69, 9.17) is 4.74 Å². The fourth-order valence-electron chi connectivity index (χ4n) is 5.02. The van der Waals surface area contributed by atoms with E-state index < -0.39 is 0 Å². The number of hydrogen-bond donors (Lipinski definition) is 0.